The van der Waals surface area contributed by atoms with Crippen molar-refractivity contribution >= 4 is 27.4 Å². The third-order valence-corrected chi connectivity index (χ3v) is 5.88. The number of aromatic nitrogens is 5. The molecule has 8 heteroatoms. The molecule has 0 bridgehead atoms. The summed E-state index contributed by atoms with van der Waals surface area (Å²) in [6, 6.07) is 7.71. The molecule has 0 amide bonds. The first-order chi connectivity index (χ1) is 14.0. The average molecular weight is 451 g/mol. The minimum absolute atomic E-state index is 0.0194. The predicted octanol–water partition coefficient (Wildman–Crippen LogP) is 3.65. The standard InChI is InChI=1S/C21H19BrN6O/c1-11-16(9-24-26-11)15-5-3-4-13-6-17(25-12(2)20(13)15)21(29)18-7-19-23-8-14(22)10-28(19)27-18/h3-5,7-10,12,17,25H,6H2,1-2H3,(H,24,26). The highest BCUT2D eigenvalue weighted by Gasteiger charge is 2.32. The number of Topliss-reactive ketones (excluding diaryl/α,β-unsaturated/α-hetero) is 1. The van der Waals surface area contributed by atoms with E-state index in [0.29, 0.717) is 17.8 Å². The van der Waals surface area contributed by atoms with Gasteiger partial charge in [0.2, 0.25) is 0 Å². The number of benzene rings is 1. The maximum Gasteiger partial charge on any atom is 0.200 e. The van der Waals surface area contributed by atoms with Crippen molar-refractivity contribution in [3.05, 3.63) is 69.8 Å². The first kappa shape index (κ1) is 18.2. The number of hydrogen-bond donors (Lipinski definition) is 2. The summed E-state index contributed by atoms with van der Waals surface area (Å²) in [5, 5.41) is 15.1. The van der Waals surface area contributed by atoms with Gasteiger partial charge in [-0.2, -0.15) is 10.2 Å². The van der Waals surface area contributed by atoms with E-state index in [4.69, 9.17) is 0 Å². The molecule has 7 nitrogen and oxygen atoms in total. The first-order valence-electron chi connectivity index (χ1n) is 9.44. The van der Waals surface area contributed by atoms with E-state index in [0.717, 1.165) is 21.3 Å². The van der Waals surface area contributed by atoms with Crippen LogP contribution in [0.2, 0.25) is 0 Å². The predicted molar refractivity (Wildman–Crippen MR) is 113 cm³/mol. The average Bonchev–Trinajstić information content (AvgIpc) is 3.32. The van der Waals surface area contributed by atoms with Crippen molar-refractivity contribution < 1.29 is 4.79 Å². The second-order valence-corrected chi connectivity index (χ2v) is 8.32. The van der Waals surface area contributed by atoms with Gasteiger partial charge >= 0.3 is 0 Å². The van der Waals surface area contributed by atoms with E-state index in [1.807, 2.05) is 19.2 Å². The number of H-pyrrole nitrogens is 1. The number of halogens is 1. The maximum atomic E-state index is 13.2. The van der Waals surface area contributed by atoms with Gasteiger partial charge in [0, 0.05) is 35.8 Å². The number of aromatic amines is 1. The van der Waals surface area contributed by atoms with Crippen molar-refractivity contribution in [1.82, 2.24) is 30.1 Å². The summed E-state index contributed by atoms with van der Waals surface area (Å²) in [7, 11) is 0. The molecule has 0 saturated carbocycles. The molecule has 1 aliphatic rings. The quantitative estimate of drug-likeness (QED) is 0.465. The van der Waals surface area contributed by atoms with Crippen LogP contribution in [0.4, 0.5) is 0 Å². The van der Waals surface area contributed by atoms with Crippen LogP contribution in [0.1, 0.15) is 40.3 Å². The lowest BCUT2D eigenvalue weighted by Crippen LogP contribution is -2.44. The molecule has 2 N–H and O–H groups in total. The van der Waals surface area contributed by atoms with Crippen LogP contribution >= 0.6 is 15.9 Å². The Balaban J connectivity index is 1.49. The Hall–Kier alpha value is -2.84. The number of hydrogen-bond acceptors (Lipinski definition) is 5. The molecule has 3 aromatic heterocycles. The molecule has 0 aliphatic carbocycles. The van der Waals surface area contributed by atoms with E-state index < -0.39 is 0 Å². The van der Waals surface area contributed by atoms with Gasteiger partial charge in [-0.15, -0.1) is 0 Å². The van der Waals surface area contributed by atoms with Crippen molar-refractivity contribution in [1.29, 1.82) is 0 Å². The molecule has 0 spiro atoms. The summed E-state index contributed by atoms with van der Waals surface area (Å²) in [5.41, 5.74) is 6.76. The van der Waals surface area contributed by atoms with E-state index in [1.165, 1.54) is 11.1 Å². The summed E-state index contributed by atoms with van der Waals surface area (Å²) in [6.45, 7) is 4.12. The summed E-state index contributed by atoms with van der Waals surface area (Å²) >= 11 is 3.38. The highest BCUT2D eigenvalue weighted by atomic mass is 79.9. The van der Waals surface area contributed by atoms with Crippen molar-refractivity contribution in [3.63, 3.8) is 0 Å². The fraction of sp³-hybridized carbons (Fsp3) is 0.238. The first-order valence-corrected chi connectivity index (χ1v) is 10.2. The largest absolute Gasteiger partial charge is 0.300 e. The molecule has 0 fully saturated rings. The van der Waals surface area contributed by atoms with Crippen LogP contribution in [-0.4, -0.2) is 36.6 Å². The van der Waals surface area contributed by atoms with Crippen LogP contribution in [0, 0.1) is 6.92 Å². The van der Waals surface area contributed by atoms with Crippen LogP contribution in [-0.2, 0) is 6.42 Å². The van der Waals surface area contributed by atoms with E-state index in [-0.39, 0.29) is 17.9 Å². The van der Waals surface area contributed by atoms with Crippen LogP contribution in [0.5, 0.6) is 0 Å². The van der Waals surface area contributed by atoms with Gasteiger partial charge < -0.3 is 5.32 Å². The molecule has 1 aromatic carbocycles. The van der Waals surface area contributed by atoms with Crippen molar-refractivity contribution in [2.45, 2.75) is 32.4 Å². The number of nitrogens with zero attached hydrogens (tertiary/aromatic N) is 4. The van der Waals surface area contributed by atoms with E-state index in [9.17, 15) is 4.79 Å². The van der Waals surface area contributed by atoms with Gasteiger partial charge in [0.1, 0.15) is 5.69 Å². The van der Waals surface area contributed by atoms with Crippen molar-refractivity contribution in [2.24, 2.45) is 0 Å². The number of carbonyl (C=O) groups excluding carboxylic acids is 1. The molecular weight excluding hydrogens is 432 g/mol. The highest BCUT2D eigenvalue weighted by molar-refractivity contribution is 9.10. The second kappa shape index (κ2) is 6.89. The fourth-order valence-electron chi connectivity index (χ4n) is 4.14. The Bertz CT molecular complexity index is 1240. The third kappa shape index (κ3) is 3.08. The van der Waals surface area contributed by atoms with Crippen molar-refractivity contribution in [2.75, 3.05) is 0 Å². The molecule has 2 atom stereocenters. The Morgan fingerprint density at radius 1 is 1.28 bits per heavy atom. The lowest BCUT2D eigenvalue weighted by Gasteiger charge is -2.32. The molecule has 5 rings (SSSR count). The maximum absolute atomic E-state index is 13.2. The summed E-state index contributed by atoms with van der Waals surface area (Å²) < 4.78 is 2.43. The molecule has 2 unspecified atom stereocenters. The number of fused-ring (bicyclic) bond motifs is 2. The molecule has 0 radical (unpaired) electrons. The number of rotatable bonds is 3. The summed E-state index contributed by atoms with van der Waals surface area (Å²) in [6.07, 6.45) is 5.97. The number of ketones is 1. The zero-order valence-electron chi connectivity index (χ0n) is 16.0. The zero-order valence-corrected chi connectivity index (χ0v) is 17.6. The third-order valence-electron chi connectivity index (χ3n) is 5.48. The molecule has 29 heavy (non-hydrogen) atoms. The number of carbonyl (C=O) groups is 1. The molecule has 0 saturated heterocycles. The lowest BCUT2D eigenvalue weighted by molar-refractivity contribution is 0.0926. The molecule has 4 heterocycles. The Morgan fingerprint density at radius 2 is 2.14 bits per heavy atom. The normalized spacial score (nSPS) is 18.7. The zero-order chi connectivity index (χ0) is 20.1. The number of nitrogens with one attached hydrogen (secondary N) is 2. The fourth-order valence-corrected chi connectivity index (χ4v) is 4.44. The topological polar surface area (TPSA) is 88.0 Å². The van der Waals surface area contributed by atoms with Crippen LogP contribution in [0.3, 0.4) is 0 Å². The van der Waals surface area contributed by atoms with Gasteiger partial charge in [-0.25, -0.2) is 9.50 Å². The molecular formula is C21H19BrN6O. The lowest BCUT2D eigenvalue weighted by atomic mass is 9.84. The van der Waals surface area contributed by atoms with Gasteiger partial charge in [-0.1, -0.05) is 18.2 Å². The van der Waals surface area contributed by atoms with E-state index >= 15 is 0 Å². The van der Waals surface area contributed by atoms with Crippen LogP contribution in [0.25, 0.3) is 16.8 Å². The van der Waals surface area contributed by atoms with Gasteiger partial charge in [-0.3, -0.25) is 9.89 Å². The van der Waals surface area contributed by atoms with Crippen LogP contribution in [0.15, 0.2) is 47.3 Å². The Kier molecular flexibility index (Phi) is 4.33. The van der Waals surface area contributed by atoms with Gasteiger partial charge in [-0.05, 0) is 52.9 Å². The molecule has 146 valence electrons. The Labute approximate surface area is 175 Å². The summed E-state index contributed by atoms with van der Waals surface area (Å²) in [4.78, 5) is 17.5. The van der Waals surface area contributed by atoms with Gasteiger partial charge in [0.15, 0.2) is 11.4 Å². The monoisotopic (exact) mass is 450 g/mol. The summed E-state index contributed by atoms with van der Waals surface area (Å²) in [5.74, 6) is -0.0194. The van der Waals surface area contributed by atoms with Gasteiger partial charge in [0.25, 0.3) is 0 Å². The Morgan fingerprint density at radius 3 is 2.93 bits per heavy atom. The second-order valence-electron chi connectivity index (χ2n) is 7.40. The minimum atomic E-state index is -0.327. The molecule has 4 aromatic rings. The van der Waals surface area contributed by atoms with E-state index in [2.05, 4.69) is 60.6 Å². The van der Waals surface area contributed by atoms with E-state index in [1.54, 1.807) is 23.0 Å². The molecule has 1 aliphatic heterocycles. The van der Waals surface area contributed by atoms with Gasteiger partial charge in [0.05, 0.1) is 16.7 Å². The number of aryl methyl sites for hydroxylation is 1. The SMILES string of the molecule is Cc1[nH]ncc1-c1cccc2c1C(C)NC(C(=O)c1cc3ncc(Br)cn3n1)C2. The minimum Gasteiger partial charge on any atom is -0.300 e. The van der Waals surface area contributed by atoms with Crippen molar-refractivity contribution in [3.8, 4) is 11.1 Å². The highest BCUT2D eigenvalue weighted by Crippen LogP contribution is 2.36. The smallest absolute Gasteiger partial charge is 0.200 e. The van der Waals surface area contributed by atoms with Crippen LogP contribution < -0.4 is 5.32 Å².